The van der Waals surface area contributed by atoms with Crippen molar-refractivity contribution in [3.63, 3.8) is 0 Å². The Bertz CT molecular complexity index is 1310. The third-order valence-electron chi connectivity index (χ3n) is 8.57. The van der Waals surface area contributed by atoms with E-state index < -0.39 is 24.0 Å². The highest BCUT2D eigenvalue weighted by atomic mass is 16.6. The summed E-state index contributed by atoms with van der Waals surface area (Å²) < 4.78 is 10.7. The molecule has 0 unspecified atom stereocenters. The van der Waals surface area contributed by atoms with Crippen molar-refractivity contribution in [2.45, 2.75) is 57.9 Å². The number of unbranched alkanes of at least 4 members (excludes halogenated alkanes) is 2. The number of ether oxygens (including phenoxy) is 2. The molecule has 2 N–H and O–H groups in total. The fraction of sp³-hybridized carbons (Fsp3) is 0.559. The number of pyridine rings is 1. The number of hydrogen-bond donors (Lipinski definition) is 2. The van der Waals surface area contributed by atoms with E-state index >= 15 is 0 Å². The lowest BCUT2D eigenvalue weighted by Gasteiger charge is -2.36. The van der Waals surface area contributed by atoms with Crippen molar-refractivity contribution >= 4 is 29.6 Å². The van der Waals surface area contributed by atoms with Crippen LogP contribution in [0.15, 0.2) is 42.5 Å². The maximum absolute atomic E-state index is 13.7. The number of aliphatic carboxylic acids is 1. The van der Waals surface area contributed by atoms with Gasteiger partial charge in [0.1, 0.15) is 11.7 Å². The highest BCUT2D eigenvalue weighted by molar-refractivity contribution is 5.97. The fourth-order valence-corrected chi connectivity index (χ4v) is 5.86. The molecule has 2 saturated heterocycles. The van der Waals surface area contributed by atoms with Gasteiger partial charge in [-0.25, -0.2) is 9.78 Å². The van der Waals surface area contributed by atoms with Gasteiger partial charge < -0.3 is 34.6 Å². The molecule has 0 saturated carbocycles. The number of amides is 3. The van der Waals surface area contributed by atoms with E-state index in [1.54, 1.807) is 23.0 Å². The number of methoxy groups -OCH3 is 1. The van der Waals surface area contributed by atoms with Crippen LogP contribution in [0.1, 0.15) is 62.4 Å². The quantitative estimate of drug-likeness (QED) is 0.294. The van der Waals surface area contributed by atoms with Crippen LogP contribution >= 0.6 is 0 Å². The normalized spacial score (nSPS) is 16.2. The molecule has 46 heavy (non-hydrogen) atoms. The second-order valence-electron chi connectivity index (χ2n) is 11.9. The van der Waals surface area contributed by atoms with Crippen molar-refractivity contribution in [1.29, 1.82) is 0 Å². The molecule has 2 aromatic rings. The molecule has 3 heterocycles. The summed E-state index contributed by atoms with van der Waals surface area (Å²) in [5.41, 5.74) is 2.50. The number of carboxylic acid groups (broad SMARTS) is 1. The first-order valence-corrected chi connectivity index (χ1v) is 16.3. The molecule has 12 nitrogen and oxygen atoms in total. The van der Waals surface area contributed by atoms with Crippen LogP contribution in [0.2, 0.25) is 0 Å². The van der Waals surface area contributed by atoms with Gasteiger partial charge in [0.05, 0.1) is 12.3 Å². The average molecular weight is 638 g/mol. The number of piperidine rings is 1. The number of nitrogens with zero attached hydrogens (tertiary/aromatic N) is 4. The lowest BCUT2D eigenvalue weighted by molar-refractivity contribution is -0.138. The van der Waals surface area contributed by atoms with Gasteiger partial charge in [-0.3, -0.25) is 14.4 Å². The lowest BCUT2D eigenvalue weighted by Crippen LogP contribution is -2.56. The first-order chi connectivity index (χ1) is 22.3. The maximum atomic E-state index is 13.7. The molecule has 1 atom stereocenters. The second-order valence-corrected chi connectivity index (χ2v) is 11.9. The molecular weight excluding hydrogens is 590 g/mol. The van der Waals surface area contributed by atoms with Crippen molar-refractivity contribution in [3.05, 3.63) is 48.2 Å². The van der Waals surface area contributed by atoms with Crippen LogP contribution in [0.5, 0.6) is 0 Å². The molecule has 0 spiro atoms. The highest BCUT2D eigenvalue weighted by Crippen LogP contribution is 2.28. The molecule has 1 aromatic carbocycles. The number of benzene rings is 1. The van der Waals surface area contributed by atoms with E-state index in [-0.39, 0.29) is 37.5 Å². The van der Waals surface area contributed by atoms with Crippen molar-refractivity contribution < 1.29 is 33.8 Å². The van der Waals surface area contributed by atoms with E-state index in [0.717, 1.165) is 63.1 Å². The monoisotopic (exact) mass is 637 g/mol. The molecule has 4 rings (SSSR count). The summed E-state index contributed by atoms with van der Waals surface area (Å²) in [5, 5.41) is 12.2. The SMILES string of the molecule is CCCCCOC(=O)N1CCN(C(=O)[C@H](CCC(=O)O)NC(=O)c2cc(N3CCC(COC)CC3)cc(-c3ccccc3)n2)CC1. The van der Waals surface area contributed by atoms with Crippen LogP contribution in [0.25, 0.3) is 11.3 Å². The summed E-state index contributed by atoms with van der Waals surface area (Å²) in [4.78, 5) is 61.3. The molecule has 0 bridgehead atoms. The molecule has 12 heteroatoms. The van der Waals surface area contributed by atoms with Gasteiger partial charge in [0, 0.05) is 70.7 Å². The number of rotatable bonds is 14. The van der Waals surface area contributed by atoms with Gasteiger partial charge in [-0.2, -0.15) is 0 Å². The van der Waals surface area contributed by atoms with E-state index in [4.69, 9.17) is 9.47 Å². The molecule has 2 aliphatic heterocycles. The van der Waals surface area contributed by atoms with Crippen molar-refractivity contribution in [2.75, 3.05) is 64.5 Å². The number of anilines is 1. The largest absolute Gasteiger partial charge is 0.481 e. The summed E-state index contributed by atoms with van der Waals surface area (Å²) in [6.45, 7) is 5.89. The van der Waals surface area contributed by atoms with Gasteiger partial charge in [-0.15, -0.1) is 0 Å². The van der Waals surface area contributed by atoms with E-state index in [9.17, 15) is 24.3 Å². The summed E-state index contributed by atoms with van der Waals surface area (Å²) in [5.74, 6) is -1.51. The number of carboxylic acids is 1. The Morgan fingerprint density at radius 1 is 0.978 bits per heavy atom. The van der Waals surface area contributed by atoms with Crippen molar-refractivity contribution in [1.82, 2.24) is 20.1 Å². The minimum absolute atomic E-state index is 0.0716. The molecule has 0 radical (unpaired) electrons. The number of hydrogen-bond acceptors (Lipinski definition) is 8. The first kappa shape index (κ1) is 34.7. The van der Waals surface area contributed by atoms with Crippen LogP contribution in [-0.2, 0) is 19.1 Å². The number of carbonyl (C=O) groups excluding carboxylic acids is 3. The van der Waals surface area contributed by atoms with Gasteiger partial charge in [0.25, 0.3) is 5.91 Å². The first-order valence-electron chi connectivity index (χ1n) is 16.3. The molecule has 2 fully saturated rings. The molecule has 1 aromatic heterocycles. The Hall–Kier alpha value is -4.19. The second kappa shape index (κ2) is 17.5. The third-order valence-corrected chi connectivity index (χ3v) is 8.57. The Labute approximate surface area is 271 Å². The number of carbonyl (C=O) groups is 4. The van der Waals surface area contributed by atoms with Gasteiger partial charge in [0.15, 0.2) is 0 Å². The summed E-state index contributed by atoms with van der Waals surface area (Å²) >= 11 is 0. The van der Waals surface area contributed by atoms with Crippen molar-refractivity contribution in [2.24, 2.45) is 5.92 Å². The van der Waals surface area contributed by atoms with E-state index in [1.807, 2.05) is 36.4 Å². The zero-order chi connectivity index (χ0) is 32.9. The van der Waals surface area contributed by atoms with Gasteiger partial charge >= 0.3 is 12.1 Å². The molecule has 3 amide bonds. The standard InChI is InChI=1S/C34H47N5O7/c1-3-4-8-21-46-34(44)39-19-17-38(18-20-39)33(43)28(11-12-31(40)41)36-32(42)30-23-27(37-15-13-25(14-16-37)24-45-2)22-29(35-30)26-9-6-5-7-10-26/h5-7,9-10,22-23,25,28H,3-4,8,11-21,24H2,1-2H3,(H,36,42)(H,40,41)/t28-/m0/s1. The van der Waals surface area contributed by atoms with E-state index in [2.05, 4.69) is 22.1 Å². The Kier molecular flexibility index (Phi) is 13.2. The highest BCUT2D eigenvalue weighted by Gasteiger charge is 2.31. The van der Waals surface area contributed by atoms with E-state index in [1.165, 1.54) is 0 Å². The number of piperazine rings is 1. The van der Waals surface area contributed by atoms with Crippen LogP contribution in [0.4, 0.5) is 10.5 Å². The van der Waals surface area contributed by atoms with E-state index in [0.29, 0.717) is 31.3 Å². The fourth-order valence-electron chi connectivity index (χ4n) is 5.86. The smallest absolute Gasteiger partial charge is 0.409 e. The van der Waals surface area contributed by atoms with Gasteiger partial charge in [-0.1, -0.05) is 50.1 Å². The number of aromatic nitrogens is 1. The van der Waals surface area contributed by atoms with Crippen LogP contribution in [0, 0.1) is 5.92 Å². The van der Waals surface area contributed by atoms with Crippen LogP contribution in [-0.4, -0.2) is 109 Å². The lowest BCUT2D eigenvalue weighted by atomic mass is 9.97. The Balaban J connectivity index is 1.48. The summed E-state index contributed by atoms with van der Waals surface area (Å²) in [6, 6.07) is 12.2. The number of nitrogens with one attached hydrogen (secondary N) is 1. The molecule has 0 aliphatic carbocycles. The Morgan fingerprint density at radius 3 is 2.33 bits per heavy atom. The third kappa shape index (κ3) is 9.90. The molecule has 2 aliphatic rings. The Morgan fingerprint density at radius 2 is 1.67 bits per heavy atom. The molecule has 250 valence electrons. The minimum atomic E-state index is -1.06. The van der Waals surface area contributed by atoms with Crippen LogP contribution in [0.3, 0.4) is 0 Å². The topological polar surface area (TPSA) is 142 Å². The predicted octanol–water partition coefficient (Wildman–Crippen LogP) is 4.05. The van der Waals surface area contributed by atoms with Gasteiger partial charge in [0.2, 0.25) is 5.91 Å². The summed E-state index contributed by atoms with van der Waals surface area (Å²) in [6.07, 6.45) is 3.99. The zero-order valence-corrected chi connectivity index (χ0v) is 27.0. The average Bonchev–Trinajstić information content (AvgIpc) is 3.08. The van der Waals surface area contributed by atoms with Crippen LogP contribution < -0.4 is 10.2 Å². The maximum Gasteiger partial charge on any atom is 0.409 e. The molecular formula is C34H47N5O7. The van der Waals surface area contributed by atoms with Gasteiger partial charge in [-0.05, 0) is 43.7 Å². The minimum Gasteiger partial charge on any atom is -0.481 e. The zero-order valence-electron chi connectivity index (χ0n) is 27.0. The van der Waals surface area contributed by atoms with Crippen molar-refractivity contribution in [3.8, 4) is 11.3 Å². The predicted molar refractivity (Wildman–Crippen MR) is 174 cm³/mol. The summed E-state index contributed by atoms with van der Waals surface area (Å²) in [7, 11) is 1.72.